The number of nitrogens with one attached hydrogen (secondary N) is 1. The van der Waals surface area contributed by atoms with Gasteiger partial charge < -0.3 is 24.8 Å². The highest BCUT2D eigenvalue weighted by Gasteiger charge is 2.27. The van der Waals surface area contributed by atoms with Gasteiger partial charge in [-0.25, -0.2) is 0 Å². The molecule has 3 aromatic rings. The molecule has 0 spiro atoms. The summed E-state index contributed by atoms with van der Waals surface area (Å²) >= 11 is 0. The highest BCUT2D eigenvalue weighted by Crippen LogP contribution is 2.30. The molecule has 1 N–H and O–H groups in total. The fraction of sp³-hybridized carbons (Fsp3) is 0.364. The van der Waals surface area contributed by atoms with Gasteiger partial charge in [0.1, 0.15) is 5.75 Å². The van der Waals surface area contributed by atoms with Crippen LogP contribution >= 0.6 is 0 Å². The van der Waals surface area contributed by atoms with Gasteiger partial charge in [0, 0.05) is 62.6 Å². The van der Waals surface area contributed by atoms with Crippen molar-refractivity contribution in [1.29, 1.82) is 0 Å². The molecule has 0 radical (unpaired) electrons. The van der Waals surface area contributed by atoms with Crippen molar-refractivity contribution in [3.05, 3.63) is 89.5 Å². The first-order valence-electron chi connectivity index (χ1n) is 14.4. The van der Waals surface area contributed by atoms with E-state index in [1.165, 1.54) is 0 Å². The van der Waals surface area contributed by atoms with Crippen molar-refractivity contribution in [1.82, 2.24) is 9.80 Å². The van der Waals surface area contributed by atoms with Crippen LogP contribution in [-0.2, 0) is 11.3 Å². The lowest BCUT2D eigenvalue weighted by Gasteiger charge is -2.28. The van der Waals surface area contributed by atoms with Gasteiger partial charge in [0.15, 0.2) is 0 Å². The molecule has 2 fully saturated rings. The van der Waals surface area contributed by atoms with E-state index in [1.807, 2.05) is 47.4 Å². The molecule has 214 valence electrons. The van der Waals surface area contributed by atoms with Gasteiger partial charge in [-0.2, -0.15) is 0 Å². The average molecular weight is 555 g/mol. The van der Waals surface area contributed by atoms with Crippen LogP contribution in [0.15, 0.2) is 72.8 Å². The maximum Gasteiger partial charge on any atom is 0.256 e. The zero-order chi connectivity index (χ0) is 28.8. The zero-order valence-corrected chi connectivity index (χ0v) is 23.8. The molecule has 1 aliphatic carbocycles. The van der Waals surface area contributed by atoms with Gasteiger partial charge in [-0.15, -0.1) is 0 Å². The zero-order valence-electron chi connectivity index (χ0n) is 23.8. The lowest BCUT2D eigenvalue weighted by atomic mass is 9.85. The summed E-state index contributed by atoms with van der Waals surface area (Å²) in [7, 11) is 3.41. The summed E-state index contributed by atoms with van der Waals surface area (Å²) in [5, 5.41) is 3.03. The van der Waals surface area contributed by atoms with Crippen LogP contribution in [0, 0.1) is 5.92 Å². The molecule has 1 heterocycles. The van der Waals surface area contributed by atoms with Crippen LogP contribution in [0.3, 0.4) is 0 Å². The molecule has 1 saturated carbocycles. The van der Waals surface area contributed by atoms with Crippen molar-refractivity contribution in [3.8, 4) is 5.75 Å². The maximum atomic E-state index is 13.9. The SMILES string of the molecule is COc1ccc(C(=O)N2CCCN(c3ccc(NC(=O)C4CCC4)cc3C(=O)N(C)Cc3ccccc3)CC2)cc1. The third-order valence-electron chi connectivity index (χ3n) is 8.04. The van der Waals surface area contributed by atoms with Crippen LogP contribution in [0.1, 0.15) is 52.0 Å². The predicted molar refractivity (Wildman–Crippen MR) is 160 cm³/mol. The number of amides is 3. The van der Waals surface area contributed by atoms with E-state index >= 15 is 0 Å². The molecule has 0 atom stereocenters. The summed E-state index contributed by atoms with van der Waals surface area (Å²) in [6, 6.07) is 22.7. The minimum absolute atomic E-state index is 0.0116. The fourth-order valence-electron chi connectivity index (χ4n) is 5.39. The van der Waals surface area contributed by atoms with Gasteiger partial charge in [0.25, 0.3) is 11.8 Å². The summed E-state index contributed by atoms with van der Waals surface area (Å²) in [5.41, 5.74) is 3.67. The van der Waals surface area contributed by atoms with Crippen LogP contribution < -0.4 is 15.0 Å². The monoisotopic (exact) mass is 554 g/mol. The Bertz CT molecular complexity index is 1370. The van der Waals surface area contributed by atoms with Gasteiger partial charge in [-0.1, -0.05) is 36.8 Å². The number of hydrogen-bond donors (Lipinski definition) is 1. The molecule has 0 unspecified atom stereocenters. The molecule has 3 aromatic carbocycles. The number of ether oxygens (including phenoxy) is 1. The average Bonchev–Trinajstić information content (AvgIpc) is 3.22. The molecule has 1 aliphatic heterocycles. The minimum Gasteiger partial charge on any atom is -0.497 e. The number of nitrogens with zero attached hydrogens (tertiary/aromatic N) is 3. The number of anilines is 2. The van der Waals surface area contributed by atoms with Crippen LogP contribution in [0.25, 0.3) is 0 Å². The second-order valence-corrected chi connectivity index (χ2v) is 10.9. The number of rotatable bonds is 8. The Morgan fingerprint density at radius 2 is 1.66 bits per heavy atom. The number of methoxy groups -OCH3 is 1. The van der Waals surface area contributed by atoms with Gasteiger partial charge in [-0.3, -0.25) is 14.4 Å². The van der Waals surface area contributed by atoms with Crippen molar-refractivity contribution >= 4 is 29.1 Å². The van der Waals surface area contributed by atoms with Crippen molar-refractivity contribution in [2.45, 2.75) is 32.2 Å². The summed E-state index contributed by atoms with van der Waals surface area (Å²) in [6.07, 6.45) is 3.68. The van der Waals surface area contributed by atoms with E-state index < -0.39 is 0 Å². The molecule has 1 saturated heterocycles. The molecule has 3 amide bonds. The van der Waals surface area contributed by atoms with E-state index in [0.29, 0.717) is 55.3 Å². The molecule has 5 rings (SSSR count). The third kappa shape index (κ3) is 6.70. The van der Waals surface area contributed by atoms with E-state index in [2.05, 4.69) is 10.2 Å². The Balaban J connectivity index is 1.35. The first-order valence-corrected chi connectivity index (χ1v) is 14.4. The van der Waals surface area contributed by atoms with E-state index in [9.17, 15) is 14.4 Å². The smallest absolute Gasteiger partial charge is 0.256 e. The molecule has 8 nitrogen and oxygen atoms in total. The van der Waals surface area contributed by atoms with Crippen molar-refractivity contribution in [3.63, 3.8) is 0 Å². The molecule has 41 heavy (non-hydrogen) atoms. The molecule has 0 aromatic heterocycles. The fourth-order valence-corrected chi connectivity index (χ4v) is 5.39. The summed E-state index contributed by atoms with van der Waals surface area (Å²) in [6.45, 7) is 2.95. The minimum atomic E-state index is -0.112. The highest BCUT2D eigenvalue weighted by molar-refractivity contribution is 6.02. The van der Waals surface area contributed by atoms with Gasteiger partial charge in [-0.05, 0) is 67.3 Å². The highest BCUT2D eigenvalue weighted by atomic mass is 16.5. The van der Waals surface area contributed by atoms with Crippen LogP contribution in [0.2, 0.25) is 0 Å². The summed E-state index contributed by atoms with van der Waals surface area (Å²) in [5.74, 6) is 0.656. The summed E-state index contributed by atoms with van der Waals surface area (Å²) < 4.78 is 5.22. The number of benzene rings is 3. The van der Waals surface area contributed by atoms with E-state index in [1.54, 1.807) is 49.4 Å². The predicted octanol–water partition coefficient (Wildman–Crippen LogP) is 5.06. The Kier molecular flexibility index (Phi) is 8.87. The maximum absolute atomic E-state index is 13.9. The largest absolute Gasteiger partial charge is 0.497 e. The normalized spacial score (nSPS) is 15.5. The Hall–Kier alpha value is -4.33. The second kappa shape index (κ2) is 12.9. The quantitative estimate of drug-likeness (QED) is 0.421. The lowest BCUT2D eigenvalue weighted by Crippen LogP contribution is -2.36. The van der Waals surface area contributed by atoms with Gasteiger partial charge in [0.2, 0.25) is 5.91 Å². The Labute approximate surface area is 241 Å². The molecule has 8 heteroatoms. The first-order chi connectivity index (χ1) is 19.9. The number of hydrogen-bond acceptors (Lipinski definition) is 5. The van der Waals surface area contributed by atoms with Crippen LogP contribution in [0.4, 0.5) is 11.4 Å². The van der Waals surface area contributed by atoms with Gasteiger partial charge >= 0.3 is 0 Å². The molecular formula is C33H38N4O4. The summed E-state index contributed by atoms with van der Waals surface area (Å²) in [4.78, 5) is 45.5. The van der Waals surface area contributed by atoms with E-state index in [-0.39, 0.29) is 23.6 Å². The van der Waals surface area contributed by atoms with Gasteiger partial charge in [0.05, 0.1) is 12.7 Å². The standard InChI is InChI=1S/C33H38N4O4/c1-35(23-24-8-4-3-5-9-24)33(40)29-22-27(34-31(38)25-10-6-11-25)14-17-30(29)36-18-7-19-37(21-20-36)32(39)26-12-15-28(41-2)16-13-26/h3-5,8-9,12-17,22,25H,6-7,10-11,18-21,23H2,1-2H3,(H,34,38). The van der Waals surface area contributed by atoms with E-state index in [4.69, 9.17) is 4.74 Å². The molecule has 0 bridgehead atoms. The number of carbonyl (C=O) groups excluding carboxylic acids is 3. The van der Waals surface area contributed by atoms with Crippen molar-refractivity contribution in [2.75, 3.05) is 50.6 Å². The first kappa shape index (κ1) is 28.2. The Morgan fingerprint density at radius 1 is 0.902 bits per heavy atom. The van der Waals surface area contributed by atoms with E-state index in [0.717, 1.165) is 36.9 Å². The Morgan fingerprint density at radius 3 is 2.34 bits per heavy atom. The lowest BCUT2D eigenvalue weighted by molar-refractivity contribution is -0.122. The third-order valence-corrected chi connectivity index (χ3v) is 8.04. The van der Waals surface area contributed by atoms with Crippen molar-refractivity contribution in [2.24, 2.45) is 5.92 Å². The topological polar surface area (TPSA) is 82.2 Å². The molecule has 2 aliphatic rings. The van der Waals surface area contributed by atoms with Crippen LogP contribution in [-0.4, -0.2) is 67.9 Å². The second-order valence-electron chi connectivity index (χ2n) is 10.9. The van der Waals surface area contributed by atoms with Crippen molar-refractivity contribution < 1.29 is 19.1 Å². The molecular weight excluding hydrogens is 516 g/mol. The number of carbonyl (C=O) groups is 3. The van der Waals surface area contributed by atoms with Crippen LogP contribution in [0.5, 0.6) is 5.75 Å².